The van der Waals surface area contributed by atoms with Crippen molar-refractivity contribution in [1.82, 2.24) is 0 Å². The van der Waals surface area contributed by atoms with Crippen molar-refractivity contribution < 1.29 is 14.6 Å². The van der Waals surface area contributed by atoms with E-state index in [1.165, 1.54) is 0 Å². The molecule has 1 aromatic carbocycles. The molecule has 1 N–H and O–H groups in total. The van der Waals surface area contributed by atoms with E-state index >= 15 is 0 Å². The van der Waals surface area contributed by atoms with Gasteiger partial charge < -0.3 is 9.84 Å². The molecule has 3 nitrogen and oxygen atoms in total. The number of benzene rings is 1. The normalized spacial score (nSPS) is 17.8. The van der Waals surface area contributed by atoms with Gasteiger partial charge in [0.05, 0.1) is 12.2 Å². The fourth-order valence-electron chi connectivity index (χ4n) is 2.21. The second-order valence-electron chi connectivity index (χ2n) is 4.12. The molecule has 1 atom stereocenters. The molecule has 0 radical (unpaired) electrons. The highest BCUT2D eigenvalue weighted by Gasteiger charge is 2.29. The number of ether oxygens (including phenoxy) is 1. The van der Waals surface area contributed by atoms with Crippen molar-refractivity contribution in [3.63, 3.8) is 0 Å². The molecule has 0 aliphatic carbocycles. The van der Waals surface area contributed by atoms with Crippen molar-refractivity contribution in [3.8, 4) is 0 Å². The quantitative estimate of drug-likeness (QED) is 0.815. The fourth-order valence-corrected chi connectivity index (χ4v) is 2.21. The van der Waals surface area contributed by atoms with Gasteiger partial charge in [0.25, 0.3) is 0 Å². The molecule has 0 amide bonds. The van der Waals surface area contributed by atoms with Crippen LogP contribution in [-0.2, 0) is 9.53 Å². The minimum Gasteiger partial charge on any atom is -0.512 e. The lowest BCUT2D eigenvalue weighted by atomic mass is 9.87. The third-order valence-corrected chi connectivity index (χ3v) is 3.06. The van der Waals surface area contributed by atoms with Crippen LogP contribution in [0.25, 0.3) is 0 Å². The topological polar surface area (TPSA) is 46.5 Å². The third-order valence-electron chi connectivity index (χ3n) is 3.06. The van der Waals surface area contributed by atoms with Gasteiger partial charge in [0.15, 0.2) is 0 Å². The van der Waals surface area contributed by atoms with Gasteiger partial charge in [-0.2, -0.15) is 0 Å². The molecule has 1 heterocycles. The Morgan fingerprint density at radius 1 is 1.35 bits per heavy atom. The van der Waals surface area contributed by atoms with Gasteiger partial charge in [-0.25, -0.2) is 4.79 Å². The van der Waals surface area contributed by atoms with Crippen LogP contribution in [0.4, 0.5) is 0 Å². The largest absolute Gasteiger partial charge is 0.512 e. The Morgan fingerprint density at radius 3 is 2.65 bits per heavy atom. The molecule has 0 fully saturated rings. The van der Waals surface area contributed by atoms with Gasteiger partial charge in [-0.15, -0.1) is 0 Å². The van der Waals surface area contributed by atoms with E-state index in [-0.39, 0.29) is 24.3 Å². The third kappa shape index (κ3) is 2.33. The molecule has 0 saturated heterocycles. The molecule has 90 valence electrons. The lowest BCUT2D eigenvalue weighted by molar-refractivity contribution is -0.141. The number of rotatable bonds is 3. The van der Waals surface area contributed by atoms with Crippen LogP contribution in [0.2, 0.25) is 0 Å². The number of cyclic esters (lactones) is 1. The first-order valence-corrected chi connectivity index (χ1v) is 5.88. The lowest BCUT2D eigenvalue weighted by Crippen LogP contribution is -2.22. The zero-order valence-electron chi connectivity index (χ0n) is 9.85. The van der Waals surface area contributed by atoms with Crippen LogP contribution < -0.4 is 0 Å². The molecule has 17 heavy (non-hydrogen) atoms. The van der Waals surface area contributed by atoms with Gasteiger partial charge in [0.1, 0.15) is 5.76 Å². The summed E-state index contributed by atoms with van der Waals surface area (Å²) in [5.74, 6) is -0.287. The van der Waals surface area contributed by atoms with Crippen LogP contribution in [0, 0.1) is 0 Å². The van der Waals surface area contributed by atoms with Gasteiger partial charge in [-0.3, -0.25) is 0 Å². The van der Waals surface area contributed by atoms with E-state index < -0.39 is 0 Å². The molecule has 0 spiro atoms. The van der Waals surface area contributed by atoms with Gasteiger partial charge in [-0.1, -0.05) is 37.3 Å². The van der Waals surface area contributed by atoms with Crippen molar-refractivity contribution in [2.24, 2.45) is 0 Å². The minimum atomic E-state index is -0.385. The SMILES string of the molecule is CCC(C1=C(O)CCOC1=O)c1ccccc1. The van der Waals surface area contributed by atoms with Crippen molar-refractivity contribution in [2.45, 2.75) is 25.7 Å². The Morgan fingerprint density at radius 2 is 2.06 bits per heavy atom. The zero-order chi connectivity index (χ0) is 12.3. The predicted octanol–water partition coefficient (Wildman–Crippen LogP) is 2.94. The second-order valence-corrected chi connectivity index (χ2v) is 4.12. The van der Waals surface area contributed by atoms with Crippen molar-refractivity contribution in [3.05, 3.63) is 47.2 Å². The van der Waals surface area contributed by atoms with E-state index in [1.807, 2.05) is 37.3 Å². The Hall–Kier alpha value is -1.77. The molecule has 0 bridgehead atoms. The van der Waals surface area contributed by atoms with Crippen molar-refractivity contribution in [2.75, 3.05) is 6.61 Å². The molecule has 0 saturated carbocycles. The van der Waals surface area contributed by atoms with Gasteiger partial charge >= 0.3 is 5.97 Å². The summed E-state index contributed by atoms with van der Waals surface area (Å²) in [6, 6.07) is 9.74. The Labute approximate surface area is 101 Å². The summed E-state index contributed by atoms with van der Waals surface area (Å²) < 4.78 is 5.01. The Kier molecular flexibility index (Phi) is 3.47. The molecule has 1 aliphatic heterocycles. The van der Waals surface area contributed by atoms with Gasteiger partial charge in [0, 0.05) is 12.3 Å². The van der Waals surface area contributed by atoms with E-state index in [0.29, 0.717) is 12.0 Å². The average Bonchev–Trinajstić information content (AvgIpc) is 2.35. The highest BCUT2D eigenvalue weighted by atomic mass is 16.5. The van der Waals surface area contributed by atoms with Crippen molar-refractivity contribution >= 4 is 5.97 Å². The molecular weight excluding hydrogens is 216 g/mol. The highest BCUT2D eigenvalue weighted by Crippen LogP contribution is 2.32. The lowest BCUT2D eigenvalue weighted by Gasteiger charge is -2.23. The molecule has 1 unspecified atom stereocenters. The number of hydrogen-bond donors (Lipinski definition) is 1. The van der Waals surface area contributed by atoms with Crippen LogP contribution in [0.1, 0.15) is 31.2 Å². The van der Waals surface area contributed by atoms with Crippen LogP contribution in [0.3, 0.4) is 0 Å². The summed E-state index contributed by atoms with van der Waals surface area (Å²) in [6.07, 6.45) is 1.18. The predicted molar refractivity (Wildman–Crippen MR) is 64.7 cm³/mol. The summed E-state index contributed by atoms with van der Waals surface area (Å²) in [5, 5.41) is 9.88. The standard InChI is InChI=1S/C14H16O3/c1-2-11(10-6-4-3-5-7-10)13-12(15)8-9-17-14(13)16/h3-7,11,15H,2,8-9H2,1H3. The second kappa shape index (κ2) is 5.04. The first-order chi connectivity index (χ1) is 8.24. The summed E-state index contributed by atoms with van der Waals surface area (Å²) in [7, 11) is 0. The number of carbonyl (C=O) groups is 1. The maximum atomic E-state index is 11.7. The van der Waals surface area contributed by atoms with Crippen LogP contribution in [0.5, 0.6) is 0 Å². The monoisotopic (exact) mass is 232 g/mol. The summed E-state index contributed by atoms with van der Waals surface area (Å²) in [5.41, 5.74) is 1.46. The first kappa shape index (κ1) is 11.7. The smallest absolute Gasteiger partial charge is 0.338 e. The number of aliphatic hydroxyl groups is 1. The number of carbonyl (C=O) groups excluding carboxylic acids is 1. The molecule has 3 heteroatoms. The highest BCUT2D eigenvalue weighted by molar-refractivity contribution is 5.91. The van der Waals surface area contributed by atoms with Gasteiger partial charge in [-0.05, 0) is 12.0 Å². The molecule has 0 aromatic heterocycles. The van der Waals surface area contributed by atoms with E-state index in [2.05, 4.69) is 0 Å². The summed E-state index contributed by atoms with van der Waals surface area (Å²) in [6.45, 7) is 2.28. The fraction of sp³-hybridized carbons (Fsp3) is 0.357. The van der Waals surface area contributed by atoms with Gasteiger partial charge in [0.2, 0.25) is 0 Å². The van der Waals surface area contributed by atoms with Crippen molar-refractivity contribution in [1.29, 1.82) is 0 Å². The van der Waals surface area contributed by atoms with Crippen LogP contribution in [0.15, 0.2) is 41.7 Å². The van der Waals surface area contributed by atoms with Crippen LogP contribution >= 0.6 is 0 Å². The number of hydrogen-bond acceptors (Lipinski definition) is 3. The minimum absolute atomic E-state index is 0.0796. The number of aliphatic hydroxyl groups excluding tert-OH is 1. The molecule has 1 aliphatic rings. The maximum Gasteiger partial charge on any atom is 0.338 e. The average molecular weight is 232 g/mol. The summed E-state index contributed by atoms with van der Waals surface area (Å²) in [4.78, 5) is 11.7. The van der Waals surface area contributed by atoms with E-state index in [9.17, 15) is 9.90 Å². The van der Waals surface area contributed by atoms with Crippen LogP contribution in [-0.4, -0.2) is 17.7 Å². The first-order valence-electron chi connectivity index (χ1n) is 5.88. The Balaban J connectivity index is 2.39. The zero-order valence-corrected chi connectivity index (χ0v) is 9.85. The molecule has 2 rings (SSSR count). The number of esters is 1. The van der Waals surface area contributed by atoms with E-state index in [4.69, 9.17) is 4.74 Å². The van der Waals surface area contributed by atoms with E-state index in [1.54, 1.807) is 0 Å². The summed E-state index contributed by atoms with van der Waals surface area (Å²) >= 11 is 0. The molecule has 1 aromatic rings. The molecular formula is C14H16O3. The maximum absolute atomic E-state index is 11.7. The van der Waals surface area contributed by atoms with E-state index in [0.717, 1.165) is 12.0 Å². The Bertz CT molecular complexity index is 434.